The number of hydrogen-bond acceptors (Lipinski definition) is 5. The van der Waals surface area contributed by atoms with Gasteiger partial charge in [-0.05, 0) is 6.07 Å². The second-order valence-electron chi connectivity index (χ2n) is 4.17. The first-order valence-electron chi connectivity index (χ1n) is 5.44. The van der Waals surface area contributed by atoms with Crippen LogP contribution in [0.5, 0.6) is 0 Å². The number of nitro benzene ring substituents is 1. The molecule has 0 radical (unpaired) electrons. The molecule has 0 unspecified atom stereocenters. The molecule has 114 valence electrons. The predicted octanol–water partition coefficient (Wildman–Crippen LogP) is 3.44. The van der Waals surface area contributed by atoms with Crippen LogP contribution < -0.4 is 4.31 Å². The second-order valence-corrected chi connectivity index (χ2v) is 5.17. The summed E-state index contributed by atoms with van der Waals surface area (Å²) in [7, 11) is 1.43. The van der Waals surface area contributed by atoms with Gasteiger partial charge in [0.15, 0.2) is 5.82 Å². The number of hydrogen-bond donors (Lipinski definition) is 1. The van der Waals surface area contributed by atoms with Gasteiger partial charge in [0.2, 0.25) is 0 Å². The van der Waals surface area contributed by atoms with Crippen molar-refractivity contribution in [2.75, 3.05) is 11.4 Å². The predicted molar refractivity (Wildman–Crippen MR) is 74.8 cm³/mol. The van der Waals surface area contributed by atoms with E-state index < -0.39 is 23.3 Å². The van der Waals surface area contributed by atoms with Gasteiger partial charge in [-0.25, -0.2) is 4.68 Å². The van der Waals surface area contributed by atoms with Crippen molar-refractivity contribution in [1.82, 2.24) is 9.78 Å². The normalized spacial score (nSPS) is 11.9. The highest BCUT2D eigenvalue weighted by Crippen LogP contribution is 2.38. The maximum absolute atomic E-state index is 12.6. The molecule has 21 heavy (non-hydrogen) atoms. The summed E-state index contributed by atoms with van der Waals surface area (Å²) in [4.78, 5) is 10.2. The highest BCUT2D eigenvalue weighted by molar-refractivity contribution is 7.81. The number of thiol groups is 1. The molecule has 0 saturated heterocycles. The van der Waals surface area contributed by atoms with Gasteiger partial charge in [-0.1, -0.05) is 24.4 Å². The van der Waals surface area contributed by atoms with Gasteiger partial charge in [-0.3, -0.25) is 10.1 Å². The molecule has 0 fully saturated rings. The lowest BCUT2D eigenvalue weighted by molar-refractivity contribution is -0.383. The maximum atomic E-state index is 12.6. The summed E-state index contributed by atoms with van der Waals surface area (Å²) >= 11 is 9.92. The Bertz CT molecular complexity index is 716. The molecule has 1 heterocycles. The van der Waals surface area contributed by atoms with Gasteiger partial charge < -0.3 is 4.31 Å². The first-order chi connectivity index (χ1) is 9.61. The molecule has 2 rings (SSSR count). The summed E-state index contributed by atoms with van der Waals surface area (Å²) in [5.74, 6) is 0.00582. The van der Waals surface area contributed by atoms with E-state index in [0.717, 1.165) is 10.4 Å². The summed E-state index contributed by atoms with van der Waals surface area (Å²) in [6.45, 7) is -1.47. The second kappa shape index (κ2) is 5.26. The Morgan fingerprint density at radius 1 is 1.52 bits per heavy atom. The summed E-state index contributed by atoms with van der Waals surface area (Å²) in [5, 5.41) is 14.9. The SMILES string of the molecule is CN(S)c1nn(CC(F)(F)F)c2c([N+](=O)[O-])ccc(Cl)c12. The van der Waals surface area contributed by atoms with Crippen LogP contribution in [-0.4, -0.2) is 27.9 Å². The van der Waals surface area contributed by atoms with E-state index in [0.29, 0.717) is 4.68 Å². The van der Waals surface area contributed by atoms with Crippen LogP contribution in [0.25, 0.3) is 10.9 Å². The number of rotatable bonds is 3. The molecule has 11 heteroatoms. The third kappa shape index (κ3) is 3.00. The molecule has 0 aliphatic carbocycles. The van der Waals surface area contributed by atoms with Crippen molar-refractivity contribution in [3.8, 4) is 0 Å². The molecule has 0 N–H and O–H groups in total. The number of alkyl halides is 3. The number of halogens is 4. The highest BCUT2D eigenvalue weighted by Gasteiger charge is 2.33. The maximum Gasteiger partial charge on any atom is 0.408 e. The van der Waals surface area contributed by atoms with Gasteiger partial charge in [-0.15, -0.1) is 0 Å². The Labute approximate surface area is 126 Å². The highest BCUT2D eigenvalue weighted by atomic mass is 35.5. The molecule has 0 aliphatic heterocycles. The minimum Gasteiger partial charge on any atom is -0.304 e. The molecule has 0 atom stereocenters. The molecular weight excluding hydrogens is 333 g/mol. The van der Waals surface area contributed by atoms with Crippen LogP contribution in [-0.2, 0) is 6.54 Å². The van der Waals surface area contributed by atoms with Gasteiger partial charge in [0.25, 0.3) is 5.69 Å². The zero-order chi connectivity index (χ0) is 15.9. The van der Waals surface area contributed by atoms with E-state index in [1.807, 2.05) is 0 Å². The third-order valence-electron chi connectivity index (χ3n) is 2.64. The lowest BCUT2D eigenvalue weighted by Crippen LogP contribution is -2.19. The minimum absolute atomic E-state index is 0.00582. The van der Waals surface area contributed by atoms with Gasteiger partial charge in [-0.2, -0.15) is 18.3 Å². The fourth-order valence-corrected chi connectivity index (χ4v) is 2.28. The van der Waals surface area contributed by atoms with Crippen LogP contribution in [0.2, 0.25) is 5.02 Å². The van der Waals surface area contributed by atoms with Gasteiger partial charge in [0, 0.05) is 13.1 Å². The first-order valence-corrected chi connectivity index (χ1v) is 6.22. The number of fused-ring (bicyclic) bond motifs is 1. The summed E-state index contributed by atoms with van der Waals surface area (Å²) < 4.78 is 39.5. The van der Waals surface area contributed by atoms with Crippen molar-refractivity contribution < 1.29 is 18.1 Å². The Hall–Kier alpha value is -1.68. The van der Waals surface area contributed by atoms with Crippen molar-refractivity contribution in [2.24, 2.45) is 0 Å². The van der Waals surface area contributed by atoms with E-state index >= 15 is 0 Å². The van der Waals surface area contributed by atoms with E-state index in [1.165, 1.54) is 13.1 Å². The Kier molecular flexibility index (Phi) is 3.93. The standard InChI is InChI=1S/C10H8ClF3N4O2S/c1-16(21)9-7-5(11)2-3-6(18(19)20)8(7)17(15-9)4-10(12,13)14/h2-3,21H,4H2,1H3. The molecule has 0 amide bonds. The monoisotopic (exact) mass is 340 g/mol. The molecule has 6 nitrogen and oxygen atoms in total. The zero-order valence-electron chi connectivity index (χ0n) is 10.4. The van der Waals surface area contributed by atoms with Crippen molar-refractivity contribution >= 4 is 46.8 Å². The minimum atomic E-state index is -4.58. The van der Waals surface area contributed by atoms with Crippen molar-refractivity contribution in [2.45, 2.75) is 12.7 Å². The van der Waals surface area contributed by atoms with Crippen molar-refractivity contribution in [1.29, 1.82) is 0 Å². The molecule has 0 saturated carbocycles. The van der Waals surface area contributed by atoms with Crippen LogP contribution in [0.4, 0.5) is 24.7 Å². The number of nitrogens with zero attached hydrogens (tertiary/aromatic N) is 4. The Balaban J connectivity index is 2.85. The third-order valence-corrected chi connectivity index (χ3v) is 3.14. The average molecular weight is 341 g/mol. The van der Waals surface area contributed by atoms with Crippen LogP contribution in [0, 0.1) is 10.1 Å². The lowest BCUT2D eigenvalue weighted by Gasteiger charge is -2.07. The van der Waals surface area contributed by atoms with Crippen LogP contribution in [0.15, 0.2) is 12.1 Å². The molecule has 0 bridgehead atoms. The fraction of sp³-hybridized carbons (Fsp3) is 0.300. The molecule has 0 aliphatic rings. The largest absolute Gasteiger partial charge is 0.408 e. The fourth-order valence-electron chi connectivity index (χ4n) is 1.90. The Morgan fingerprint density at radius 3 is 2.62 bits per heavy atom. The summed E-state index contributed by atoms with van der Waals surface area (Å²) in [5.41, 5.74) is -0.798. The zero-order valence-corrected chi connectivity index (χ0v) is 12.1. The van der Waals surface area contributed by atoms with Crippen LogP contribution in [0.1, 0.15) is 0 Å². The number of nitro groups is 1. The van der Waals surface area contributed by atoms with Crippen molar-refractivity contribution in [3.05, 3.63) is 27.3 Å². The number of non-ortho nitro benzene ring substituents is 1. The number of benzene rings is 1. The van der Waals surface area contributed by atoms with Gasteiger partial charge >= 0.3 is 6.18 Å². The molecule has 2 aromatic rings. The van der Waals surface area contributed by atoms with Gasteiger partial charge in [0.1, 0.15) is 12.1 Å². The van der Waals surface area contributed by atoms with E-state index in [4.69, 9.17) is 11.6 Å². The quantitative estimate of drug-likeness (QED) is 0.528. The molecule has 1 aromatic heterocycles. The van der Waals surface area contributed by atoms with E-state index in [-0.39, 0.29) is 21.7 Å². The van der Waals surface area contributed by atoms with E-state index in [2.05, 4.69) is 17.9 Å². The molecular formula is C10H8ClF3N4O2S. The smallest absolute Gasteiger partial charge is 0.304 e. The first kappa shape index (κ1) is 15.7. The molecule has 0 spiro atoms. The topological polar surface area (TPSA) is 64.2 Å². The van der Waals surface area contributed by atoms with Crippen LogP contribution >= 0.6 is 24.4 Å². The molecule has 1 aromatic carbocycles. The number of aromatic nitrogens is 2. The lowest BCUT2D eigenvalue weighted by atomic mass is 10.2. The summed E-state index contributed by atoms with van der Waals surface area (Å²) in [6, 6.07) is 2.28. The van der Waals surface area contributed by atoms with Crippen LogP contribution in [0.3, 0.4) is 0 Å². The Morgan fingerprint density at radius 2 is 2.14 bits per heavy atom. The van der Waals surface area contributed by atoms with Gasteiger partial charge in [0.05, 0.1) is 15.3 Å². The van der Waals surface area contributed by atoms with Crippen molar-refractivity contribution in [3.63, 3.8) is 0 Å². The summed E-state index contributed by atoms with van der Waals surface area (Å²) in [6.07, 6.45) is -4.58. The average Bonchev–Trinajstić information content (AvgIpc) is 2.67. The van der Waals surface area contributed by atoms with E-state index in [9.17, 15) is 23.3 Å². The van der Waals surface area contributed by atoms with E-state index in [1.54, 1.807) is 0 Å². The number of anilines is 1.